The predicted molar refractivity (Wildman–Crippen MR) is 124 cm³/mol. The summed E-state index contributed by atoms with van der Waals surface area (Å²) in [6.07, 6.45) is 0. The Hall–Kier alpha value is -2.95. The van der Waals surface area contributed by atoms with Crippen LogP contribution >= 0.6 is 0 Å². The Labute approximate surface area is 187 Å². The summed E-state index contributed by atoms with van der Waals surface area (Å²) < 4.78 is 56.3. The van der Waals surface area contributed by atoms with E-state index in [1.54, 1.807) is 51.1 Å². The molecule has 0 saturated heterocycles. The van der Waals surface area contributed by atoms with Crippen LogP contribution in [0.5, 0.6) is 0 Å². The van der Waals surface area contributed by atoms with E-state index in [9.17, 15) is 21.6 Å². The molecule has 1 amide bonds. The van der Waals surface area contributed by atoms with Gasteiger partial charge in [0.15, 0.2) is 0 Å². The average Bonchev–Trinajstić information content (AvgIpc) is 3.07. The van der Waals surface area contributed by atoms with Crippen LogP contribution in [0.15, 0.2) is 58.3 Å². The monoisotopic (exact) mass is 473 g/mol. The number of hydrogen-bond donors (Lipinski definition) is 2. The number of nitrogens with zero attached hydrogens (tertiary/aromatic N) is 1. The first-order valence-electron chi connectivity index (χ1n) is 10.1. The SMILES string of the molecule is CCN(CC)S(=O)(=O)c1cc(NS(=O)(=O)c2ccc3c4c(cccc24)C(=O)N3)ccc1C. The van der Waals surface area contributed by atoms with E-state index in [1.165, 1.54) is 22.5 Å². The Morgan fingerprint density at radius 3 is 2.34 bits per heavy atom. The van der Waals surface area contributed by atoms with Gasteiger partial charge in [0.1, 0.15) is 0 Å². The summed E-state index contributed by atoms with van der Waals surface area (Å²) in [4.78, 5) is 12.2. The number of hydrogen-bond acceptors (Lipinski definition) is 5. The lowest BCUT2D eigenvalue weighted by Gasteiger charge is -2.20. The van der Waals surface area contributed by atoms with Crippen LogP contribution in [0, 0.1) is 6.92 Å². The number of aryl methyl sites for hydroxylation is 1. The zero-order valence-electron chi connectivity index (χ0n) is 17.8. The summed E-state index contributed by atoms with van der Waals surface area (Å²) in [5, 5.41) is 3.69. The van der Waals surface area contributed by atoms with Gasteiger partial charge in [0.05, 0.1) is 15.5 Å². The fourth-order valence-electron chi connectivity index (χ4n) is 3.95. The number of carbonyl (C=O) groups excluding carboxylic acids is 1. The maximum atomic E-state index is 13.3. The summed E-state index contributed by atoms with van der Waals surface area (Å²) in [5.41, 5.74) is 1.63. The Bertz CT molecular complexity index is 1460. The minimum Gasteiger partial charge on any atom is -0.321 e. The van der Waals surface area contributed by atoms with Gasteiger partial charge in [-0.2, -0.15) is 4.31 Å². The summed E-state index contributed by atoms with van der Waals surface area (Å²) in [5.74, 6) is -0.280. The van der Waals surface area contributed by atoms with Gasteiger partial charge in [-0.15, -0.1) is 0 Å². The first kappa shape index (κ1) is 22.3. The second kappa shape index (κ2) is 7.88. The molecule has 32 heavy (non-hydrogen) atoms. The van der Waals surface area contributed by atoms with Crippen LogP contribution in [-0.2, 0) is 20.0 Å². The molecule has 0 atom stereocenters. The molecule has 10 heteroatoms. The number of carbonyl (C=O) groups is 1. The third-order valence-electron chi connectivity index (χ3n) is 5.55. The molecule has 3 aromatic carbocycles. The van der Waals surface area contributed by atoms with Crippen LogP contribution in [0.1, 0.15) is 29.8 Å². The third-order valence-corrected chi connectivity index (χ3v) is 9.18. The molecule has 0 spiro atoms. The second-order valence-corrected chi connectivity index (χ2v) is 11.0. The average molecular weight is 474 g/mol. The van der Waals surface area contributed by atoms with Crippen molar-refractivity contribution in [3.05, 3.63) is 59.7 Å². The molecular weight excluding hydrogens is 450 g/mol. The van der Waals surface area contributed by atoms with Crippen molar-refractivity contribution in [2.45, 2.75) is 30.6 Å². The standard InChI is InChI=1S/C22H23N3O5S2/c1-4-25(5-2)32(29,30)20-13-15(10-9-14(20)3)24-31(27,28)19-12-11-18-21-16(19)7-6-8-17(21)22(26)23-18/h6-13,24H,4-5H2,1-3H3,(H,23,26). The minimum absolute atomic E-state index is 0.00308. The lowest BCUT2D eigenvalue weighted by molar-refractivity contribution is 0.103. The number of rotatable bonds is 7. The quantitative estimate of drug-likeness (QED) is 0.545. The molecule has 0 radical (unpaired) electrons. The first-order chi connectivity index (χ1) is 15.1. The van der Waals surface area contributed by atoms with Crippen molar-refractivity contribution in [1.82, 2.24) is 4.31 Å². The molecule has 8 nitrogen and oxygen atoms in total. The molecule has 4 rings (SSSR count). The Balaban J connectivity index is 1.78. The van der Waals surface area contributed by atoms with Crippen molar-refractivity contribution in [3.8, 4) is 0 Å². The Morgan fingerprint density at radius 1 is 0.938 bits per heavy atom. The van der Waals surface area contributed by atoms with Crippen molar-refractivity contribution >= 4 is 48.1 Å². The van der Waals surface area contributed by atoms with Gasteiger partial charge in [0.25, 0.3) is 15.9 Å². The summed E-state index contributed by atoms with van der Waals surface area (Å²) in [6, 6.07) is 12.3. The fourth-order valence-corrected chi connectivity index (χ4v) is 6.91. The fraction of sp³-hybridized carbons (Fsp3) is 0.227. The summed E-state index contributed by atoms with van der Waals surface area (Å²) in [6.45, 7) is 5.78. The number of anilines is 2. The van der Waals surface area contributed by atoms with Gasteiger partial charge >= 0.3 is 0 Å². The lowest BCUT2D eigenvalue weighted by Crippen LogP contribution is -2.31. The van der Waals surface area contributed by atoms with E-state index in [0.717, 1.165) is 0 Å². The van der Waals surface area contributed by atoms with Gasteiger partial charge in [-0.05, 0) is 42.8 Å². The second-order valence-electron chi connectivity index (χ2n) is 7.47. The zero-order chi connectivity index (χ0) is 23.3. The highest BCUT2D eigenvalue weighted by atomic mass is 32.2. The summed E-state index contributed by atoms with van der Waals surface area (Å²) >= 11 is 0. The molecule has 0 fully saturated rings. The van der Waals surface area contributed by atoms with Crippen LogP contribution < -0.4 is 10.0 Å². The number of benzene rings is 3. The highest BCUT2D eigenvalue weighted by Gasteiger charge is 2.28. The molecule has 1 aliphatic heterocycles. The van der Waals surface area contributed by atoms with Gasteiger partial charge in [0, 0.05) is 35.1 Å². The van der Waals surface area contributed by atoms with Crippen molar-refractivity contribution in [2.24, 2.45) is 0 Å². The third kappa shape index (κ3) is 3.54. The Kier molecular flexibility index (Phi) is 5.48. The Morgan fingerprint density at radius 2 is 1.66 bits per heavy atom. The molecule has 1 aliphatic rings. The van der Waals surface area contributed by atoms with Crippen LogP contribution in [0.2, 0.25) is 0 Å². The topological polar surface area (TPSA) is 113 Å². The molecule has 0 aromatic heterocycles. The minimum atomic E-state index is -4.07. The molecule has 0 saturated carbocycles. The molecule has 168 valence electrons. The normalized spacial score (nSPS) is 13.6. The van der Waals surface area contributed by atoms with Crippen molar-refractivity contribution < 1.29 is 21.6 Å². The van der Waals surface area contributed by atoms with Gasteiger partial charge in [0.2, 0.25) is 10.0 Å². The maximum Gasteiger partial charge on any atom is 0.262 e. The molecule has 0 bridgehead atoms. The molecule has 0 aliphatic carbocycles. The van der Waals surface area contributed by atoms with Gasteiger partial charge in [-0.25, -0.2) is 16.8 Å². The van der Waals surface area contributed by atoms with E-state index in [2.05, 4.69) is 10.0 Å². The first-order valence-corrected chi connectivity index (χ1v) is 13.0. The highest BCUT2D eigenvalue weighted by Crippen LogP contribution is 2.37. The lowest BCUT2D eigenvalue weighted by atomic mass is 10.1. The van der Waals surface area contributed by atoms with Gasteiger partial charge < -0.3 is 5.32 Å². The number of nitrogens with one attached hydrogen (secondary N) is 2. The molecule has 0 unspecified atom stereocenters. The van der Waals surface area contributed by atoms with Crippen LogP contribution in [0.4, 0.5) is 11.4 Å². The van der Waals surface area contributed by atoms with E-state index < -0.39 is 20.0 Å². The van der Waals surface area contributed by atoms with E-state index in [0.29, 0.717) is 40.7 Å². The predicted octanol–water partition coefficient (Wildman–Crippen LogP) is 3.55. The number of amides is 1. The van der Waals surface area contributed by atoms with Crippen LogP contribution in [-0.4, -0.2) is 40.1 Å². The van der Waals surface area contributed by atoms with Crippen molar-refractivity contribution in [2.75, 3.05) is 23.1 Å². The van der Waals surface area contributed by atoms with Crippen LogP contribution in [0.3, 0.4) is 0 Å². The van der Waals surface area contributed by atoms with E-state index in [1.807, 2.05) is 0 Å². The maximum absolute atomic E-state index is 13.3. The largest absolute Gasteiger partial charge is 0.321 e. The van der Waals surface area contributed by atoms with Crippen molar-refractivity contribution in [1.29, 1.82) is 0 Å². The van der Waals surface area contributed by atoms with E-state index in [-0.39, 0.29) is 21.4 Å². The number of sulfonamides is 2. The molecule has 3 aromatic rings. The molecule has 2 N–H and O–H groups in total. The smallest absolute Gasteiger partial charge is 0.262 e. The highest BCUT2D eigenvalue weighted by molar-refractivity contribution is 7.93. The summed E-state index contributed by atoms with van der Waals surface area (Å²) in [7, 11) is -7.83. The zero-order valence-corrected chi connectivity index (χ0v) is 19.5. The van der Waals surface area contributed by atoms with Gasteiger partial charge in [-0.3, -0.25) is 9.52 Å². The van der Waals surface area contributed by atoms with E-state index >= 15 is 0 Å². The molecular formula is C22H23N3O5S2. The van der Waals surface area contributed by atoms with Crippen molar-refractivity contribution in [3.63, 3.8) is 0 Å². The van der Waals surface area contributed by atoms with Crippen LogP contribution in [0.25, 0.3) is 10.8 Å². The molecule has 1 heterocycles. The van der Waals surface area contributed by atoms with E-state index in [4.69, 9.17) is 0 Å². The van der Waals surface area contributed by atoms with Gasteiger partial charge in [-0.1, -0.05) is 32.0 Å².